The summed E-state index contributed by atoms with van der Waals surface area (Å²) < 4.78 is 6.84. The second-order valence-corrected chi connectivity index (χ2v) is 4.98. The maximum Gasteiger partial charge on any atom is 0.130 e. The maximum absolute atomic E-state index is 5.84. The molecule has 0 heterocycles. The lowest BCUT2D eigenvalue weighted by Crippen LogP contribution is -1.89. The molecule has 0 fully saturated rings. The van der Waals surface area contributed by atoms with Crippen molar-refractivity contribution in [3.8, 4) is 11.5 Å². The monoisotopic (exact) mass is 310 g/mol. The average molecular weight is 312 g/mol. The molecule has 0 N–H and O–H groups in total. The summed E-state index contributed by atoms with van der Waals surface area (Å²) in [5.74, 6) is 2.16. The van der Waals surface area contributed by atoms with Gasteiger partial charge in [-0.1, -0.05) is 34.1 Å². The molecule has 0 aromatic heterocycles. The summed E-state index contributed by atoms with van der Waals surface area (Å²) in [6.45, 7) is 2.02. The molecule has 0 saturated heterocycles. The predicted molar refractivity (Wildman–Crippen MR) is 75.0 cm³/mol. The van der Waals surface area contributed by atoms with Crippen molar-refractivity contribution in [2.24, 2.45) is 0 Å². The number of benzene rings is 2. The third-order valence-electron chi connectivity index (χ3n) is 2.43. The Hall–Kier alpha value is -0.990. The summed E-state index contributed by atoms with van der Waals surface area (Å²) >= 11 is 9.24. The summed E-state index contributed by atoms with van der Waals surface area (Å²) in [5, 5.41) is 0. The van der Waals surface area contributed by atoms with Crippen LogP contribution in [-0.2, 0) is 5.88 Å². The standard InChI is InChI=1S/C14H12BrClO/c1-10-5-6-11(9-16)7-14(10)17-13-4-2-3-12(15)8-13/h2-8H,9H2,1H3. The lowest BCUT2D eigenvalue weighted by Gasteiger charge is -2.10. The molecule has 0 amide bonds. The molecule has 0 aliphatic rings. The quantitative estimate of drug-likeness (QED) is 0.700. The van der Waals surface area contributed by atoms with Gasteiger partial charge in [-0.05, 0) is 42.3 Å². The van der Waals surface area contributed by atoms with Gasteiger partial charge < -0.3 is 4.74 Å². The minimum atomic E-state index is 0.495. The molecule has 2 aromatic rings. The topological polar surface area (TPSA) is 9.23 Å². The predicted octanol–water partition coefficient (Wildman–Crippen LogP) is 5.29. The molecule has 1 nitrogen and oxygen atoms in total. The Bertz CT molecular complexity index is 525. The minimum absolute atomic E-state index is 0.495. The number of alkyl halides is 1. The molecule has 0 aliphatic heterocycles. The zero-order valence-corrected chi connectivity index (χ0v) is 11.8. The number of hydrogen-bond donors (Lipinski definition) is 0. The molecule has 17 heavy (non-hydrogen) atoms. The van der Waals surface area contributed by atoms with Crippen molar-refractivity contribution < 1.29 is 4.74 Å². The van der Waals surface area contributed by atoms with Crippen molar-refractivity contribution >= 4 is 27.5 Å². The molecule has 0 aliphatic carbocycles. The summed E-state index contributed by atoms with van der Waals surface area (Å²) in [4.78, 5) is 0. The van der Waals surface area contributed by atoms with Crippen LogP contribution in [-0.4, -0.2) is 0 Å². The summed E-state index contributed by atoms with van der Waals surface area (Å²) in [5.41, 5.74) is 2.15. The van der Waals surface area contributed by atoms with Crippen LogP contribution in [0.2, 0.25) is 0 Å². The summed E-state index contributed by atoms with van der Waals surface area (Å²) in [6, 6.07) is 13.8. The van der Waals surface area contributed by atoms with E-state index in [2.05, 4.69) is 15.9 Å². The van der Waals surface area contributed by atoms with E-state index >= 15 is 0 Å². The van der Waals surface area contributed by atoms with Gasteiger partial charge in [0.2, 0.25) is 0 Å². The first kappa shape index (κ1) is 12.5. The lowest BCUT2D eigenvalue weighted by molar-refractivity contribution is 0.478. The zero-order chi connectivity index (χ0) is 12.3. The lowest BCUT2D eigenvalue weighted by atomic mass is 10.1. The van der Waals surface area contributed by atoms with Gasteiger partial charge in [0.1, 0.15) is 11.5 Å². The second kappa shape index (κ2) is 5.56. The van der Waals surface area contributed by atoms with Crippen molar-refractivity contribution in [2.75, 3.05) is 0 Å². The molecule has 0 bridgehead atoms. The second-order valence-electron chi connectivity index (χ2n) is 3.79. The highest BCUT2D eigenvalue weighted by Gasteiger charge is 2.03. The Labute approximate surface area is 115 Å². The highest BCUT2D eigenvalue weighted by Crippen LogP contribution is 2.28. The van der Waals surface area contributed by atoms with Gasteiger partial charge in [0.05, 0.1) is 0 Å². The van der Waals surface area contributed by atoms with E-state index in [1.54, 1.807) is 0 Å². The van der Waals surface area contributed by atoms with Crippen LogP contribution in [0.15, 0.2) is 46.9 Å². The Morgan fingerprint density at radius 2 is 2.00 bits per heavy atom. The fourth-order valence-corrected chi connectivity index (χ4v) is 2.04. The fourth-order valence-electron chi connectivity index (χ4n) is 1.50. The van der Waals surface area contributed by atoms with Gasteiger partial charge in [-0.15, -0.1) is 11.6 Å². The first-order valence-electron chi connectivity index (χ1n) is 5.28. The summed E-state index contributed by atoms with van der Waals surface area (Å²) in [7, 11) is 0. The number of halogens is 2. The van der Waals surface area contributed by atoms with Crippen LogP contribution in [0.25, 0.3) is 0 Å². The van der Waals surface area contributed by atoms with Gasteiger partial charge in [-0.25, -0.2) is 0 Å². The maximum atomic E-state index is 5.84. The van der Waals surface area contributed by atoms with Crippen molar-refractivity contribution in [2.45, 2.75) is 12.8 Å². The van der Waals surface area contributed by atoms with Crippen molar-refractivity contribution in [1.82, 2.24) is 0 Å². The smallest absolute Gasteiger partial charge is 0.130 e. The van der Waals surface area contributed by atoms with Gasteiger partial charge in [-0.3, -0.25) is 0 Å². The van der Waals surface area contributed by atoms with Gasteiger partial charge in [0, 0.05) is 10.4 Å². The SMILES string of the molecule is Cc1ccc(CCl)cc1Oc1cccc(Br)c1. The molecule has 88 valence electrons. The average Bonchev–Trinajstić information content (AvgIpc) is 2.32. The molecule has 2 rings (SSSR count). The third kappa shape index (κ3) is 3.24. The Morgan fingerprint density at radius 3 is 2.71 bits per heavy atom. The van der Waals surface area contributed by atoms with E-state index < -0.39 is 0 Å². The van der Waals surface area contributed by atoms with E-state index in [-0.39, 0.29) is 0 Å². The van der Waals surface area contributed by atoms with Crippen LogP contribution in [0.3, 0.4) is 0 Å². The highest BCUT2D eigenvalue weighted by molar-refractivity contribution is 9.10. The van der Waals surface area contributed by atoms with Crippen LogP contribution in [0.5, 0.6) is 11.5 Å². The normalized spacial score (nSPS) is 10.3. The Kier molecular flexibility index (Phi) is 4.08. The summed E-state index contributed by atoms with van der Waals surface area (Å²) in [6.07, 6.45) is 0. The number of rotatable bonds is 3. The van der Waals surface area contributed by atoms with E-state index in [0.717, 1.165) is 27.1 Å². The van der Waals surface area contributed by atoms with Crippen molar-refractivity contribution in [1.29, 1.82) is 0 Å². The Balaban J connectivity index is 2.29. The van der Waals surface area contributed by atoms with E-state index in [0.29, 0.717) is 5.88 Å². The first-order valence-corrected chi connectivity index (χ1v) is 6.60. The number of aryl methyl sites for hydroxylation is 1. The molecule has 0 spiro atoms. The molecule has 0 atom stereocenters. The molecule has 0 unspecified atom stereocenters. The van der Waals surface area contributed by atoms with E-state index in [1.807, 2.05) is 49.4 Å². The van der Waals surface area contributed by atoms with Crippen LogP contribution < -0.4 is 4.74 Å². The fraction of sp³-hybridized carbons (Fsp3) is 0.143. The van der Waals surface area contributed by atoms with Gasteiger partial charge in [-0.2, -0.15) is 0 Å². The zero-order valence-electron chi connectivity index (χ0n) is 9.41. The number of hydrogen-bond acceptors (Lipinski definition) is 1. The van der Waals surface area contributed by atoms with Gasteiger partial charge >= 0.3 is 0 Å². The minimum Gasteiger partial charge on any atom is -0.457 e. The highest BCUT2D eigenvalue weighted by atomic mass is 79.9. The van der Waals surface area contributed by atoms with E-state index in [1.165, 1.54) is 0 Å². The largest absolute Gasteiger partial charge is 0.457 e. The van der Waals surface area contributed by atoms with E-state index in [4.69, 9.17) is 16.3 Å². The van der Waals surface area contributed by atoms with Crippen LogP contribution >= 0.6 is 27.5 Å². The number of ether oxygens (including phenoxy) is 1. The van der Waals surface area contributed by atoms with Crippen molar-refractivity contribution in [3.05, 3.63) is 58.1 Å². The van der Waals surface area contributed by atoms with Crippen molar-refractivity contribution in [3.63, 3.8) is 0 Å². The van der Waals surface area contributed by atoms with Crippen LogP contribution in [0.1, 0.15) is 11.1 Å². The van der Waals surface area contributed by atoms with Gasteiger partial charge in [0.25, 0.3) is 0 Å². The van der Waals surface area contributed by atoms with Gasteiger partial charge in [0.15, 0.2) is 0 Å². The molecular formula is C14H12BrClO. The first-order chi connectivity index (χ1) is 8.19. The Morgan fingerprint density at radius 1 is 1.18 bits per heavy atom. The van der Waals surface area contributed by atoms with Crippen LogP contribution in [0, 0.1) is 6.92 Å². The molecule has 0 radical (unpaired) electrons. The van der Waals surface area contributed by atoms with Crippen LogP contribution in [0.4, 0.5) is 0 Å². The molecule has 0 saturated carbocycles. The molecular weight excluding hydrogens is 300 g/mol. The third-order valence-corrected chi connectivity index (χ3v) is 3.23. The molecule has 3 heteroatoms. The van der Waals surface area contributed by atoms with E-state index in [9.17, 15) is 0 Å². The molecule has 2 aromatic carbocycles.